The lowest BCUT2D eigenvalue weighted by molar-refractivity contribution is -0.0434. The molecule has 2 heterocycles. The molecule has 4 heteroatoms. The number of aromatic nitrogens is 2. The molecule has 0 bridgehead atoms. The average Bonchev–Trinajstić information content (AvgIpc) is 2.77. The summed E-state index contributed by atoms with van der Waals surface area (Å²) < 4.78 is 7.51. The molecule has 1 atom stereocenters. The fraction of sp³-hybridized carbons (Fsp3) is 0.667. The maximum Gasteiger partial charge on any atom is 0.229 e. The van der Waals surface area contributed by atoms with Gasteiger partial charge in [0.15, 0.2) is 5.82 Å². The van der Waals surface area contributed by atoms with Crippen LogP contribution in [0.3, 0.4) is 0 Å². The van der Waals surface area contributed by atoms with Crippen molar-refractivity contribution in [3.8, 4) is 0 Å². The molecule has 0 spiro atoms. The number of carbonyl (C=O) groups is 1. The van der Waals surface area contributed by atoms with Gasteiger partial charge in [-0.3, -0.25) is 4.79 Å². The number of carbonyl (C=O) groups excluding carboxylic acids is 1. The molecule has 1 aliphatic heterocycles. The lowest BCUT2D eigenvalue weighted by atomic mass is 9.91. The molecule has 1 saturated heterocycles. The van der Waals surface area contributed by atoms with Crippen molar-refractivity contribution < 1.29 is 9.53 Å². The van der Waals surface area contributed by atoms with Crippen LogP contribution in [0.25, 0.3) is 0 Å². The summed E-state index contributed by atoms with van der Waals surface area (Å²) in [6.45, 7) is 5.32. The van der Waals surface area contributed by atoms with E-state index in [0.717, 1.165) is 25.8 Å². The molecule has 0 aromatic carbocycles. The van der Waals surface area contributed by atoms with E-state index in [2.05, 4.69) is 4.98 Å². The number of nitrogens with zero attached hydrogens (tertiary/aromatic N) is 2. The Bertz CT molecular complexity index is 378. The molecule has 0 amide bonds. The number of ether oxygens (including phenoxy) is 1. The van der Waals surface area contributed by atoms with Crippen LogP contribution in [0.4, 0.5) is 0 Å². The number of hydrogen-bond acceptors (Lipinski definition) is 3. The zero-order valence-corrected chi connectivity index (χ0v) is 9.90. The van der Waals surface area contributed by atoms with Crippen LogP contribution in [-0.2, 0) is 11.3 Å². The summed E-state index contributed by atoms with van der Waals surface area (Å²) in [5, 5.41) is 0. The van der Waals surface area contributed by atoms with Crippen molar-refractivity contribution in [2.24, 2.45) is 0 Å². The third kappa shape index (κ3) is 1.89. The zero-order chi connectivity index (χ0) is 11.6. The predicted molar refractivity (Wildman–Crippen MR) is 60.4 cm³/mol. The van der Waals surface area contributed by atoms with Crippen LogP contribution < -0.4 is 0 Å². The quantitative estimate of drug-likeness (QED) is 0.735. The average molecular weight is 222 g/mol. The van der Waals surface area contributed by atoms with Crippen molar-refractivity contribution in [3.63, 3.8) is 0 Å². The second-order valence-electron chi connectivity index (χ2n) is 4.40. The minimum absolute atomic E-state index is 0.0130. The molecule has 0 N–H and O–H groups in total. The van der Waals surface area contributed by atoms with Gasteiger partial charge < -0.3 is 9.30 Å². The summed E-state index contributed by atoms with van der Waals surface area (Å²) >= 11 is 0. The molecule has 1 fully saturated rings. The van der Waals surface area contributed by atoms with E-state index in [1.165, 1.54) is 0 Å². The van der Waals surface area contributed by atoms with Gasteiger partial charge in [0.05, 0.1) is 0 Å². The van der Waals surface area contributed by atoms with E-state index in [4.69, 9.17) is 4.74 Å². The fourth-order valence-electron chi connectivity index (χ4n) is 2.12. The lowest BCUT2D eigenvalue weighted by Crippen LogP contribution is -2.42. The first kappa shape index (κ1) is 11.3. The van der Waals surface area contributed by atoms with Crippen LogP contribution in [0.15, 0.2) is 12.4 Å². The monoisotopic (exact) mass is 222 g/mol. The maximum absolute atomic E-state index is 12.4. The SMILES string of the molecule is CCn1ccnc1C(=O)C1(C)CCCCO1. The number of Topliss-reactive ketones (excluding diaryl/α,β-unsaturated/α-hetero) is 1. The van der Waals surface area contributed by atoms with Crippen LogP contribution in [-0.4, -0.2) is 27.5 Å². The topological polar surface area (TPSA) is 44.1 Å². The lowest BCUT2D eigenvalue weighted by Gasteiger charge is -2.31. The summed E-state index contributed by atoms with van der Waals surface area (Å²) in [6, 6.07) is 0. The molecule has 0 aliphatic carbocycles. The molecule has 0 saturated carbocycles. The highest BCUT2D eigenvalue weighted by Gasteiger charge is 2.38. The fourth-order valence-corrected chi connectivity index (χ4v) is 2.12. The highest BCUT2D eigenvalue weighted by atomic mass is 16.5. The Labute approximate surface area is 95.6 Å². The van der Waals surface area contributed by atoms with Gasteiger partial charge in [-0.2, -0.15) is 0 Å². The van der Waals surface area contributed by atoms with Gasteiger partial charge in [-0.15, -0.1) is 0 Å². The van der Waals surface area contributed by atoms with E-state index in [9.17, 15) is 4.79 Å². The molecule has 88 valence electrons. The minimum Gasteiger partial charge on any atom is -0.367 e. The van der Waals surface area contributed by atoms with E-state index in [1.807, 2.05) is 24.6 Å². The molecule has 16 heavy (non-hydrogen) atoms. The smallest absolute Gasteiger partial charge is 0.229 e. The van der Waals surface area contributed by atoms with Gasteiger partial charge in [0.25, 0.3) is 0 Å². The van der Waals surface area contributed by atoms with E-state index >= 15 is 0 Å². The zero-order valence-electron chi connectivity index (χ0n) is 9.90. The Kier molecular flexibility index (Phi) is 3.10. The van der Waals surface area contributed by atoms with Crippen molar-refractivity contribution in [3.05, 3.63) is 18.2 Å². The maximum atomic E-state index is 12.4. The first-order chi connectivity index (χ1) is 7.67. The Morgan fingerprint density at radius 3 is 3.06 bits per heavy atom. The highest BCUT2D eigenvalue weighted by Crippen LogP contribution is 2.27. The van der Waals surface area contributed by atoms with Gasteiger partial charge in [0, 0.05) is 25.5 Å². The Balaban J connectivity index is 2.24. The van der Waals surface area contributed by atoms with E-state index < -0.39 is 5.60 Å². The molecular weight excluding hydrogens is 204 g/mol. The van der Waals surface area contributed by atoms with Gasteiger partial charge in [-0.05, 0) is 33.1 Å². The third-order valence-electron chi connectivity index (χ3n) is 3.21. The first-order valence-corrected chi connectivity index (χ1v) is 5.87. The van der Waals surface area contributed by atoms with Gasteiger partial charge in [0.1, 0.15) is 5.60 Å². The second kappa shape index (κ2) is 4.37. The van der Waals surface area contributed by atoms with Crippen LogP contribution in [0.5, 0.6) is 0 Å². The molecule has 1 aromatic rings. The Morgan fingerprint density at radius 2 is 2.44 bits per heavy atom. The number of ketones is 1. The van der Waals surface area contributed by atoms with E-state index in [1.54, 1.807) is 6.20 Å². The molecule has 1 unspecified atom stereocenters. The van der Waals surface area contributed by atoms with Gasteiger partial charge >= 0.3 is 0 Å². The summed E-state index contributed by atoms with van der Waals surface area (Å²) in [4.78, 5) is 16.5. The normalized spacial score (nSPS) is 25.6. The van der Waals surface area contributed by atoms with Crippen LogP contribution >= 0.6 is 0 Å². The van der Waals surface area contributed by atoms with E-state index in [-0.39, 0.29) is 5.78 Å². The van der Waals surface area contributed by atoms with Crippen LogP contribution in [0, 0.1) is 0 Å². The van der Waals surface area contributed by atoms with Crippen molar-refractivity contribution in [1.29, 1.82) is 0 Å². The molecule has 4 nitrogen and oxygen atoms in total. The van der Waals surface area contributed by atoms with Crippen LogP contribution in [0.2, 0.25) is 0 Å². The molecule has 0 radical (unpaired) electrons. The second-order valence-corrected chi connectivity index (χ2v) is 4.40. The first-order valence-electron chi connectivity index (χ1n) is 5.87. The minimum atomic E-state index is -0.670. The van der Waals surface area contributed by atoms with Gasteiger partial charge in [-0.25, -0.2) is 4.98 Å². The summed E-state index contributed by atoms with van der Waals surface area (Å²) in [5.41, 5.74) is -0.670. The van der Waals surface area contributed by atoms with Crippen molar-refractivity contribution >= 4 is 5.78 Å². The molecular formula is C12H18N2O2. The summed E-state index contributed by atoms with van der Waals surface area (Å²) in [6.07, 6.45) is 6.39. The molecule has 2 rings (SSSR count). The summed E-state index contributed by atoms with van der Waals surface area (Å²) in [5.74, 6) is 0.533. The number of aryl methyl sites for hydroxylation is 1. The molecule has 1 aromatic heterocycles. The van der Waals surface area contributed by atoms with Gasteiger partial charge in [0.2, 0.25) is 5.78 Å². The third-order valence-corrected chi connectivity index (χ3v) is 3.21. The number of rotatable bonds is 3. The predicted octanol–water partition coefficient (Wildman–Crippen LogP) is 2.04. The number of hydrogen-bond donors (Lipinski definition) is 0. The highest BCUT2D eigenvalue weighted by molar-refractivity contribution is 5.99. The van der Waals surface area contributed by atoms with Crippen molar-refractivity contribution in [1.82, 2.24) is 9.55 Å². The van der Waals surface area contributed by atoms with E-state index in [0.29, 0.717) is 12.4 Å². The Morgan fingerprint density at radius 1 is 1.62 bits per heavy atom. The standard InChI is InChI=1S/C12H18N2O2/c1-3-14-8-7-13-11(14)10(15)12(2)6-4-5-9-16-12/h7-8H,3-6,9H2,1-2H3. The Hall–Kier alpha value is -1.16. The van der Waals surface area contributed by atoms with Crippen molar-refractivity contribution in [2.75, 3.05) is 6.61 Å². The van der Waals surface area contributed by atoms with Gasteiger partial charge in [-0.1, -0.05) is 0 Å². The number of imidazole rings is 1. The summed E-state index contributed by atoms with van der Waals surface area (Å²) in [7, 11) is 0. The molecule has 1 aliphatic rings. The van der Waals surface area contributed by atoms with Crippen molar-refractivity contribution in [2.45, 2.75) is 45.3 Å². The largest absolute Gasteiger partial charge is 0.367 e. The van der Waals surface area contributed by atoms with Crippen LogP contribution in [0.1, 0.15) is 43.7 Å².